The fourth-order valence-electron chi connectivity index (χ4n) is 12.0. The summed E-state index contributed by atoms with van der Waals surface area (Å²) in [6.45, 7) is -0.141. The minimum Gasteiger partial charge on any atom is -0.458 e. The molecule has 0 radical (unpaired) electrons. The smallest absolute Gasteiger partial charge is 0.336 e. The van der Waals surface area contributed by atoms with E-state index in [9.17, 15) is 0 Å². The van der Waals surface area contributed by atoms with E-state index in [1.165, 1.54) is 70.3 Å². The van der Waals surface area contributed by atoms with E-state index in [1.807, 2.05) is 0 Å². The third-order valence-corrected chi connectivity index (χ3v) is 19.7. The van der Waals surface area contributed by atoms with Gasteiger partial charge in [-0.3, -0.25) is 0 Å². The molecule has 0 N–H and O–H groups in total. The number of ether oxygens (including phenoxy) is 1. The van der Waals surface area contributed by atoms with Crippen molar-refractivity contribution in [2.24, 2.45) is 0 Å². The Hall–Kier alpha value is -8.90. The van der Waals surface area contributed by atoms with E-state index in [2.05, 4.69) is 282 Å². The first kappa shape index (κ1) is 41.1. The molecular formula is C66H45BN2OSi. The molecule has 12 aromatic rings. The van der Waals surface area contributed by atoms with Crippen LogP contribution in [0.25, 0.3) is 60.9 Å². The Morgan fingerprint density at radius 1 is 0.338 bits per heavy atom. The maximum Gasteiger partial charge on any atom is 0.336 e. The summed E-state index contributed by atoms with van der Waals surface area (Å²) in [5.74, 6) is 1.76. The van der Waals surface area contributed by atoms with Crippen LogP contribution < -0.4 is 41.2 Å². The average Bonchev–Trinajstić information content (AvgIpc) is 3.78. The van der Waals surface area contributed by atoms with E-state index in [0.29, 0.717) is 0 Å². The Labute approximate surface area is 415 Å². The number of benzene rings is 11. The molecule has 1 aromatic heterocycles. The summed E-state index contributed by atoms with van der Waals surface area (Å²) in [6, 6.07) is 101. The molecule has 3 nitrogen and oxygen atoms in total. The van der Waals surface area contributed by atoms with Crippen molar-refractivity contribution in [3.8, 4) is 50.6 Å². The number of hydrogen-bond donors (Lipinski definition) is 0. The highest BCUT2D eigenvalue weighted by Gasteiger charge is 2.45. The minimum absolute atomic E-state index is 0.141. The Balaban J connectivity index is 0.999. The van der Waals surface area contributed by atoms with E-state index in [1.54, 1.807) is 0 Å². The van der Waals surface area contributed by atoms with Gasteiger partial charge >= 0.3 is 6.85 Å². The van der Waals surface area contributed by atoms with Crippen LogP contribution in [0, 0.1) is 0 Å². The number of rotatable bonds is 8. The van der Waals surface area contributed by atoms with E-state index in [0.717, 1.165) is 45.2 Å². The molecular weight excluding hydrogens is 876 g/mol. The molecule has 5 heteroatoms. The van der Waals surface area contributed by atoms with Crippen molar-refractivity contribution in [3.05, 3.63) is 273 Å². The number of anilines is 2. The van der Waals surface area contributed by atoms with Crippen LogP contribution in [0.1, 0.15) is 0 Å². The lowest BCUT2D eigenvalue weighted by atomic mass is 9.44. The number of para-hydroxylation sites is 5. The molecule has 0 saturated heterocycles. The van der Waals surface area contributed by atoms with Gasteiger partial charge in [0.1, 0.15) is 11.5 Å². The molecule has 2 aliphatic heterocycles. The molecule has 0 aliphatic carbocycles. The fourth-order valence-corrected chi connectivity index (χ4v) is 16.8. The molecule has 2 aliphatic rings. The second-order valence-electron chi connectivity index (χ2n) is 18.7. The van der Waals surface area contributed by atoms with Crippen LogP contribution in [-0.4, -0.2) is 19.5 Å². The van der Waals surface area contributed by atoms with Gasteiger partial charge in [-0.2, -0.15) is 0 Å². The van der Waals surface area contributed by atoms with Gasteiger partial charge in [-0.05, 0) is 103 Å². The summed E-state index contributed by atoms with van der Waals surface area (Å²) in [4.78, 5) is 2.55. The summed E-state index contributed by atoms with van der Waals surface area (Å²) in [5, 5.41) is 7.90. The molecule has 11 aromatic carbocycles. The molecule has 71 heavy (non-hydrogen) atoms. The van der Waals surface area contributed by atoms with Gasteiger partial charge in [0.25, 0.3) is 0 Å². The summed E-state index contributed by atoms with van der Waals surface area (Å²) < 4.78 is 9.51. The Morgan fingerprint density at radius 2 is 0.887 bits per heavy atom. The van der Waals surface area contributed by atoms with Gasteiger partial charge in [0, 0.05) is 38.7 Å². The molecule has 0 amide bonds. The molecule has 332 valence electrons. The quantitative estimate of drug-likeness (QED) is 0.112. The average molecular weight is 921 g/mol. The topological polar surface area (TPSA) is 17.4 Å². The van der Waals surface area contributed by atoms with Gasteiger partial charge in [0.15, 0.2) is 8.07 Å². The van der Waals surface area contributed by atoms with Crippen molar-refractivity contribution < 1.29 is 4.74 Å². The number of nitrogens with zero attached hydrogens (tertiary/aromatic N) is 2. The van der Waals surface area contributed by atoms with Crippen molar-refractivity contribution in [3.63, 3.8) is 0 Å². The first-order valence-electron chi connectivity index (χ1n) is 24.5. The molecule has 0 unspecified atom stereocenters. The van der Waals surface area contributed by atoms with E-state index < -0.39 is 8.07 Å². The van der Waals surface area contributed by atoms with Crippen molar-refractivity contribution in [2.45, 2.75) is 0 Å². The van der Waals surface area contributed by atoms with Crippen LogP contribution in [0.2, 0.25) is 0 Å². The number of fused-ring (bicyclic) bond motifs is 7. The van der Waals surface area contributed by atoms with Gasteiger partial charge in [0.2, 0.25) is 0 Å². The lowest BCUT2D eigenvalue weighted by molar-refractivity contribution is 0.487. The van der Waals surface area contributed by atoms with Crippen LogP contribution in [0.3, 0.4) is 0 Å². The predicted octanol–water partition coefficient (Wildman–Crippen LogP) is 12.5. The lowest BCUT2D eigenvalue weighted by Crippen LogP contribution is -2.74. The van der Waals surface area contributed by atoms with E-state index in [4.69, 9.17) is 4.74 Å². The second-order valence-corrected chi connectivity index (χ2v) is 22.5. The molecule has 0 bridgehead atoms. The van der Waals surface area contributed by atoms with Gasteiger partial charge in [-0.1, -0.05) is 218 Å². The highest BCUT2D eigenvalue weighted by atomic mass is 28.3. The summed E-state index contributed by atoms with van der Waals surface area (Å²) in [7, 11) is -2.78. The second kappa shape index (κ2) is 16.7. The van der Waals surface area contributed by atoms with Crippen LogP contribution in [-0.2, 0) is 0 Å². The third-order valence-electron chi connectivity index (χ3n) is 15.0. The zero-order chi connectivity index (χ0) is 46.9. The van der Waals surface area contributed by atoms with E-state index in [-0.39, 0.29) is 6.85 Å². The summed E-state index contributed by atoms with van der Waals surface area (Å²) in [5.41, 5.74) is 15.0. The van der Waals surface area contributed by atoms with Crippen LogP contribution in [0.4, 0.5) is 11.4 Å². The largest absolute Gasteiger partial charge is 0.458 e. The molecule has 0 spiro atoms. The number of aromatic nitrogens is 1. The SMILES string of the molecule is c1ccc(N2B3c4ccccc4Oc4cc(-c5ccccc5-n5c6ccccc6c6ccccc65)cc(c43)-c3ccc(-c4cccc([Si](c5ccccc5)(c5ccccc5)c5ccccc5)c4)cc32)cc1. The Bertz CT molecular complexity index is 3840. The van der Waals surface area contributed by atoms with Crippen molar-refractivity contribution in [1.29, 1.82) is 0 Å². The molecule has 0 fully saturated rings. The first-order chi connectivity index (χ1) is 35.2. The lowest BCUT2D eigenvalue weighted by Gasteiger charge is -2.42. The van der Waals surface area contributed by atoms with Crippen molar-refractivity contribution in [1.82, 2.24) is 4.57 Å². The first-order valence-corrected chi connectivity index (χ1v) is 26.5. The molecule has 14 rings (SSSR count). The summed E-state index contributed by atoms with van der Waals surface area (Å²) in [6.07, 6.45) is 0. The summed E-state index contributed by atoms with van der Waals surface area (Å²) >= 11 is 0. The van der Waals surface area contributed by atoms with Gasteiger partial charge in [-0.15, -0.1) is 0 Å². The zero-order valence-electron chi connectivity index (χ0n) is 38.9. The van der Waals surface area contributed by atoms with Gasteiger partial charge in [-0.25, -0.2) is 0 Å². The minimum atomic E-state index is -2.78. The normalized spacial score (nSPS) is 12.6. The maximum absolute atomic E-state index is 7.07. The van der Waals surface area contributed by atoms with Gasteiger partial charge < -0.3 is 14.1 Å². The van der Waals surface area contributed by atoms with Crippen LogP contribution >= 0.6 is 0 Å². The molecule has 3 heterocycles. The van der Waals surface area contributed by atoms with Crippen LogP contribution in [0.5, 0.6) is 11.5 Å². The Kier molecular flexibility index (Phi) is 9.65. The highest BCUT2D eigenvalue weighted by molar-refractivity contribution is 7.20. The number of hydrogen-bond acceptors (Lipinski definition) is 2. The predicted molar refractivity (Wildman–Crippen MR) is 301 cm³/mol. The molecule has 0 atom stereocenters. The molecule has 0 saturated carbocycles. The van der Waals surface area contributed by atoms with Crippen molar-refractivity contribution >= 4 is 79.8 Å². The van der Waals surface area contributed by atoms with E-state index >= 15 is 0 Å². The van der Waals surface area contributed by atoms with Crippen LogP contribution in [0.15, 0.2) is 273 Å². The zero-order valence-corrected chi connectivity index (χ0v) is 39.9. The maximum atomic E-state index is 7.07. The fraction of sp³-hybridized carbons (Fsp3) is 0. The standard InChI is InChI=1S/C66H45BN2OSi/c1-5-23-49(24-6-1)69-63-44-47(46-22-21-31-53(42-46)71(50-25-7-2-8-26-50,51-27-9-3-10-28-51)52-29-11-4-12-30-52)40-41-57(63)58-43-48(45-65-66(58)67(69)59-35-16-20-39-64(59)70-65)54-32-13-17-36-60(54)68-61-37-18-14-33-55(61)56-34-15-19-38-62(56)68/h1-45H. The Morgan fingerprint density at radius 3 is 1.56 bits per heavy atom. The third kappa shape index (κ3) is 6.44. The monoisotopic (exact) mass is 920 g/mol. The van der Waals surface area contributed by atoms with Gasteiger partial charge in [0.05, 0.1) is 16.7 Å². The highest BCUT2D eigenvalue weighted by Crippen LogP contribution is 2.47. The van der Waals surface area contributed by atoms with Crippen molar-refractivity contribution in [2.75, 3.05) is 4.81 Å².